The quantitative estimate of drug-likeness (QED) is 0.388. The van der Waals surface area contributed by atoms with Gasteiger partial charge in [-0.05, 0) is 52.8 Å². The minimum atomic E-state index is -1.67. The minimum absolute atomic E-state index is 0.288. The first kappa shape index (κ1) is 22.6. The van der Waals surface area contributed by atoms with Gasteiger partial charge in [0.25, 0.3) is 0 Å². The number of benzene rings is 2. The number of hydrogen-bond acceptors (Lipinski definition) is 6. The zero-order chi connectivity index (χ0) is 24.0. The van der Waals surface area contributed by atoms with Crippen molar-refractivity contribution in [3.8, 4) is 11.5 Å². The van der Waals surface area contributed by atoms with Crippen molar-refractivity contribution < 1.29 is 49.1 Å². The lowest BCUT2D eigenvalue weighted by Crippen LogP contribution is -2.24. The first-order valence-corrected chi connectivity index (χ1v) is 9.38. The smallest absolute Gasteiger partial charge is 0.478 e. The summed E-state index contributed by atoms with van der Waals surface area (Å²) in [6.07, 6.45) is -2.88. The standard InChI is InChI=1S/C22H20O10/c1-21(2)9-22(3,10-4-5-11(17(23)24)12(6-10)18(25)26)14-8-16(32-20(29)30)15(7-13(14)21)31-19(27)28/h4-8H,9H2,1-3H3,(H,23,24)(H,25,26)(H,27,28)(H,29,30). The second kappa shape index (κ2) is 7.56. The molecule has 10 heteroatoms. The van der Waals surface area contributed by atoms with Crippen LogP contribution in [0.15, 0.2) is 30.3 Å². The summed E-state index contributed by atoms with van der Waals surface area (Å²) in [5.41, 5.74) is -0.405. The Morgan fingerprint density at radius 3 is 1.72 bits per heavy atom. The van der Waals surface area contributed by atoms with Crippen LogP contribution in [0.25, 0.3) is 0 Å². The molecule has 0 aromatic heterocycles. The van der Waals surface area contributed by atoms with Gasteiger partial charge in [0.05, 0.1) is 11.1 Å². The molecule has 10 nitrogen and oxygen atoms in total. The summed E-state index contributed by atoms with van der Waals surface area (Å²) in [5, 5.41) is 36.9. The summed E-state index contributed by atoms with van der Waals surface area (Å²) in [6, 6.07) is 6.78. The van der Waals surface area contributed by atoms with Gasteiger partial charge < -0.3 is 29.9 Å². The van der Waals surface area contributed by atoms with Gasteiger partial charge in [0.15, 0.2) is 11.5 Å². The second-order valence-electron chi connectivity index (χ2n) is 8.34. The lowest BCUT2D eigenvalue weighted by atomic mass is 9.74. The molecule has 2 aromatic rings. The van der Waals surface area contributed by atoms with Gasteiger partial charge in [0.2, 0.25) is 0 Å². The van der Waals surface area contributed by atoms with E-state index in [4.69, 9.17) is 19.7 Å². The molecule has 0 saturated heterocycles. The van der Waals surface area contributed by atoms with Crippen molar-refractivity contribution in [2.75, 3.05) is 0 Å². The van der Waals surface area contributed by atoms with Gasteiger partial charge in [-0.1, -0.05) is 26.8 Å². The normalized spacial score (nSPS) is 18.5. The van der Waals surface area contributed by atoms with E-state index >= 15 is 0 Å². The van der Waals surface area contributed by atoms with E-state index < -0.39 is 35.1 Å². The summed E-state index contributed by atoms with van der Waals surface area (Å²) in [4.78, 5) is 45.3. The summed E-state index contributed by atoms with van der Waals surface area (Å²) >= 11 is 0. The Bertz CT molecular complexity index is 1160. The predicted molar refractivity (Wildman–Crippen MR) is 108 cm³/mol. The van der Waals surface area contributed by atoms with E-state index in [1.54, 1.807) is 0 Å². The monoisotopic (exact) mass is 444 g/mol. The van der Waals surface area contributed by atoms with Gasteiger partial charge in [-0.2, -0.15) is 0 Å². The first-order chi connectivity index (χ1) is 14.8. The van der Waals surface area contributed by atoms with Gasteiger partial charge in [-0.3, -0.25) is 0 Å². The average molecular weight is 444 g/mol. The highest BCUT2D eigenvalue weighted by Crippen LogP contribution is 2.55. The van der Waals surface area contributed by atoms with Crippen molar-refractivity contribution in [1.29, 1.82) is 0 Å². The van der Waals surface area contributed by atoms with Crippen LogP contribution >= 0.6 is 0 Å². The third-order valence-corrected chi connectivity index (χ3v) is 5.72. The number of aromatic carboxylic acids is 2. The number of hydrogen-bond donors (Lipinski definition) is 4. The highest BCUT2D eigenvalue weighted by Gasteiger charge is 2.47. The minimum Gasteiger partial charge on any atom is -0.478 e. The Morgan fingerprint density at radius 1 is 0.750 bits per heavy atom. The molecule has 2 aromatic carbocycles. The van der Waals surface area contributed by atoms with Gasteiger partial charge >= 0.3 is 24.2 Å². The van der Waals surface area contributed by atoms with Gasteiger partial charge in [0, 0.05) is 5.41 Å². The maximum Gasteiger partial charge on any atom is 0.511 e. The van der Waals surface area contributed by atoms with Crippen LogP contribution in [0.3, 0.4) is 0 Å². The maximum absolute atomic E-state index is 11.7. The van der Waals surface area contributed by atoms with Crippen LogP contribution in [0.2, 0.25) is 0 Å². The fourth-order valence-electron chi connectivity index (χ4n) is 4.51. The Labute approximate surface area is 181 Å². The predicted octanol–water partition coefficient (Wildman–Crippen LogP) is 4.18. The third kappa shape index (κ3) is 3.82. The number of fused-ring (bicyclic) bond motifs is 1. The molecule has 3 rings (SSSR count). The molecule has 0 bridgehead atoms. The van der Waals surface area contributed by atoms with Crippen LogP contribution in [-0.2, 0) is 10.8 Å². The lowest BCUT2D eigenvalue weighted by Gasteiger charge is -2.29. The summed E-state index contributed by atoms with van der Waals surface area (Å²) < 4.78 is 9.45. The molecule has 0 aliphatic heterocycles. The molecule has 4 N–H and O–H groups in total. The SMILES string of the molecule is CC1(C)CC(C)(c2ccc(C(=O)O)c(C(=O)O)c2)c2cc(OC(=O)O)c(OC(=O)O)cc21. The highest BCUT2D eigenvalue weighted by molar-refractivity contribution is 6.01. The maximum atomic E-state index is 11.7. The summed E-state index contributed by atoms with van der Waals surface area (Å²) in [7, 11) is 0. The van der Waals surface area contributed by atoms with Gasteiger partial charge in [-0.25, -0.2) is 19.2 Å². The van der Waals surface area contributed by atoms with Crippen LogP contribution < -0.4 is 9.47 Å². The van der Waals surface area contributed by atoms with Crippen molar-refractivity contribution >= 4 is 24.2 Å². The largest absolute Gasteiger partial charge is 0.511 e. The average Bonchev–Trinajstić information content (AvgIpc) is 2.86. The molecule has 32 heavy (non-hydrogen) atoms. The van der Waals surface area contributed by atoms with Crippen LogP contribution in [0.5, 0.6) is 11.5 Å². The highest BCUT2D eigenvalue weighted by atomic mass is 16.7. The molecule has 0 saturated carbocycles. The van der Waals surface area contributed by atoms with Crippen molar-refractivity contribution in [2.24, 2.45) is 0 Å². The number of carboxylic acid groups (broad SMARTS) is 4. The number of rotatable bonds is 5. The molecule has 0 spiro atoms. The third-order valence-electron chi connectivity index (χ3n) is 5.72. The topological polar surface area (TPSA) is 168 Å². The molecule has 1 aliphatic carbocycles. The van der Waals surface area contributed by atoms with Crippen molar-refractivity contribution in [3.63, 3.8) is 0 Å². The molecular formula is C22H20O10. The van der Waals surface area contributed by atoms with Crippen LogP contribution in [0.1, 0.15) is 64.6 Å². The summed E-state index contributed by atoms with van der Waals surface area (Å²) in [6.45, 7) is 5.59. The van der Waals surface area contributed by atoms with Crippen LogP contribution in [-0.4, -0.2) is 44.7 Å². The van der Waals surface area contributed by atoms with E-state index in [2.05, 4.69) is 0 Å². The van der Waals surface area contributed by atoms with E-state index in [9.17, 15) is 29.4 Å². The molecule has 0 heterocycles. The van der Waals surface area contributed by atoms with Gasteiger partial charge in [0.1, 0.15) is 0 Å². The Hall–Kier alpha value is -4.08. The Balaban J connectivity index is 2.27. The van der Waals surface area contributed by atoms with Crippen molar-refractivity contribution in [3.05, 3.63) is 58.1 Å². The number of ether oxygens (including phenoxy) is 2. The second-order valence-corrected chi connectivity index (χ2v) is 8.34. The Kier molecular flexibility index (Phi) is 5.34. The molecule has 0 amide bonds. The van der Waals surface area contributed by atoms with Crippen molar-refractivity contribution in [1.82, 2.24) is 0 Å². The Morgan fingerprint density at radius 2 is 1.25 bits per heavy atom. The lowest BCUT2D eigenvalue weighted by molar-refractivity contribution is 0.0651. The molecule has 1 aliphatic rings. The number of carbonyl (C=O) groups is 4. The molecule has 0 radical (unpaired) electrons. The zero-order valence-corrected chi connectivity index (χ0v) is 17.3. The first-order valence-electron chi connectivity index (χ1n) is 9.38. The van der Waals surface area contributed by atoms with Gasteiger partial charge in [-0.15, -0.1) is 0 Å². The fraction of sp³-hybridized carbons (Fsp3) is 0.273. The molecule has 1 unspecified atom stereocenters. The van der Waals surface area contributed by atoms with E-state index in [0.29, 0.717) is 23.1 Å². The summed E-state index contributed by atoms with van der Waals surface area (Å²) in [5.74, 6) is -3.39. The zero-order valence-electron chi connectivity index (χ0n) is 17.3. The van der Waals surface area contributed by atoms with E-state index in [-0.39, 0.29) is 22.6 Å². The van der Waals surface area contributed by atoms with Crippen LogP contribution in [0, 0.1) is 0 Å². The van der Waals surface area contributed by atoms with Crippen LogP contribution in [0.4, 0.5) is 9.59 Å². The van der Waals surface area contributed by atoms with E-state index in [1.807, 2.05) is 20.8 Å². The fourth-order valence-corrected chi connectivity index (χ4v) is 4.51. The molecular weight excluding hydrogens is 424 g/mol. The van der Waals surface area contributed by atoms with E-state index in [1.165, 1.54) is 30.3 Å². The number of carboxylic acids is 2. The molecule has 0 fully saturated rings. The molecule has 168 valence electrons. The van der Waals surface area contributed by atoms with Crippen molar-refractivity contribution in [2.45, 2.75) is 38.0 Å². The molecule has 1 atom stereocenters. The van der Waals surface area contributed by atoms with E-state index in [0.717, 1.165) is 0 Å².